The van der Waals surface area contributed by atoms with Crippen LogP contribution in [0.5, 0.6) is 5.75 Å². The molecule has 0 saturated heterocycles. The van der Waals surface area contributed by atoms with Gasteiger partial charge in [0, 0.05) is 5.92 Å². The number of para-hydroxylation sites is 2. The van der Waals surface area contributed by atoms with Crippen molar-refractivity contribution in [2.75, 3.05) is 6.61 Å². The largest absolute Gasteiger partial charge is 0.491 e. The monoisotopic (exact) mass is 414 g/mol. The molecule has 1 atom stereocenters. The van der Waals surface area contributed by atoms with Crippen LogP contribution in [0.15, 0.2) is 42.5 Å². The zero-order valence-corrected chi connectivity index (χ0v) is 18.1. The number of aliphatic hydroxyl groups is 1. The first kappa shape index (κ1) is 21.7. The SMILES string of the molecule is Cc1cc(C)cc(OCC(O)Cn2c(C3CCCCC3)nc3ccccc32)c1.Cl. The van der Waals surface area contributed by atoms with E-state index in [0.29, 0.717) is 12.5 Å². The Morgan fingerprint density at radius 1 is 1.07 bits per heavy atom. The van der Waals surface area contributed by atoms with Crippen LogP contribution in [0.1, 0.15) is 55.0 Å². The number of fused-ring (bicyclic) bond motifs is 1. The quantitative estimate of drug-likeness (QED) is 0.574. The maximum Gasteiger partial charge on any atom is 0.119 e. The average molecular weight is 415 g/mol. The molecule has 1 fully saturated rings. The molecule has 1 unspecified atom stereocenters. The van der Waals surface area contributed by atoms with E-state index in [1.165, 1.54) is 43.2 Å². The molecule has 4 nitrogen and oxygen atoms in total. The summed E-state index contributed by atoms with van der Waals surface area (Å²) in [5, 5.41) is 10.7. The van der Waals surface area contributed by atoms with E-state index >= 15 is 0 Å². The van der Waals surface area contributed by atoms with Crippen molar-refractivity contribution < 1.29 is 9.84 Å². The number of hydrogen-bond donors (Lipinski definition) is 1. The Kier molecular flexibility index (Phi) is 7.20. The van der Waals surface area contributed by atoms with E-state index in [2.05, 4.69) is 36.6 Å². The van der Waals surface area contributed by atoms with Crippen molar-refractivity contribution in [1.82, 2.24) is 9.55 Å². The third-order valence-electron chi connectivity index (χ3n) is 5.69. The molecule has 0 bridgehead atoms. The first-order valence-electron chi connectivity index (χ1n) is 10.4. The molecule has 5 heteroatoms. The first-order chi connectivity index (χ1) is 13.6. The Balaban J connectivity index is 0.00000240. The Morgan fingerprint density at radius 3 is 2.48 bits per heavy atom. The lowest BCUT2D eigenvalue weighted by molar-refractivity contribution is 0.0921. The Hall–Kier alpha value is -2.04. The van der Waals surface area contributed by atoms with Crippen LogP contribution >= 0.6 is 12.4 Å². The third kappa shape index (κ3) is 5.12. The molecule has 156 valence electrons. The number of hydrogen-bond acceptors (Lipinski definition) is 3. The van der Waals surface area contributed by atoms with E-state index in [1.54, 1.807) is 0 Å². The number of ether oxygens (including phenoxy) is 1. The van der Waals surface area contributed by atoms with Crippen molar-refractivity contribution in [2.45, 2.75) is 64.5 Å². The molecule has 1 aromatic heterocycles. The van der Waals surface area contributed by atoms with Gasteiger partial charge in [-0.1, -0.05) is 37.5 Å². The number of aryl methyl sites for hydroxylation is 2. The number of imidazole rings is 1. The zero-order valence-electron chi connectivity index (χ0n) is 17.3. The summed E-state index contributed by atoms with van der Waals surface area (Å²) >= 11 is 0. The topological polar surface area (TPSA) is 47.3 Å². The fraction of sp³-hybridized carbons (Fsp3) is 0.458. The van der Waals surface area contributed by atoms with Crippen LogP contribution in [0.25, 0.3) is 11.0 Å². The van der Waals surface area contributed by atoms with Gasteiger partial charge in [-0.25, -0.2) is 4.98 Å². The molecule has 2 aromatic carbocycles. The van der Waals surface area contributed by atoms with Crippen molar-refractivity contribution >= 4 is 23.4 Å². The Morgan fingerprint density at radius 2 is 1.76 bits per heavy atom. The zero-order chi connectivity index (χ0) is 19.5. The predicted octanol–water partition coefficient (Wildman–Crippen LogP) is 5.56. The molecular weight excluding hydrogens is 384 g/mol. The van der Waals surface area contributed by atoms with Gasteiger partial charge in [-0.2, -0.15) is 0 Å². The van der Waals surface area contributed by atoms with Crippen molar-refractivity contribution in [1.29, 1.82) is 0 Å². The Bertz CT molecular complexity index is 927. The molecule has 4 rings (SSSR count). The molecule has 0 spiro atoms. The molecule has 1 saturated carbocycles. The number of aromatic nitrogens is 2. The lowest BCUT2D eigenvalue weighted by Gasteiger charge is -2.23. The lowest BCUT2D eigenvalue weighted by Crippen LogP contribution is -2.25. The molecule has 1 heterocycles. The normalized spacial score (nSPS) is 15.8. The van der Waals surface area contributed by atoms with Gasteiger partial charge in [-0.05, 0) is 62.1 Å². The highest BCUT2D eigenvalue weighted by molar-refractivity contribution is 5.85. The minimum atomic E-state index is -0.583. The molecule has 1 aliphatic rings. The van der Waals surface area contributed by atoms with Gasteiger partial charge in [0.1, 0.15) is 24.3 Å². The van der Waals surface area contributed by atoms with Crippen LogP contribution in [0.2, 0.25) is 0 Å². The van der Waals surface area contributed by atoms with Crippen LogP contribution in [-0.2, 0) is 6.54 Å². The van der Waals surface area contributed by atoms with Gasteiger partial charge >= 0.3 is 0 Å². The molecule has 0 aliphatic heterocycles. The summed E-state index contributed by atoms with van der Waals surface area (Å²) in [6.07, 6.45) is 5.67. The van der Waals surface area contributed by atoms with E-state index in [9.17, 15) is 5.11 Å². The molecule has 29 heavy (non-hydrogen) atoms. The second kappa shape index (κ2) is 9.64. The summed E-state index contributed by atoms with van der Waals surface area (Å²) in [5.74, 6) is 2.44. The summed E-state index contributed by atoms with van der Waals surface area (Å²) < 4.78 is 8.11. The minimum absolute atomic E-state index is 0. The standard InChI is InChI=1S/C24H30N2O2.ClH/c1-17-12-18(2)14-21(13-17)28-16-20(27)15-26-23-11-7-6-10-22(23)25-24(26)19-8-4-3-5-9-19;/h6-7,10-14,19-20,27H,3-5,8-9,15-16H2,1-2H3;1H. The van der Waals surface area contributed by atoms with E-state index in [-0.39, 0.29) is 19.0 Å². The van der Waals surface area contributed by atoms with Crippen LogP contribution in [0.4, 0.5) is 0 Å². The molecule has 3 aromatic rings. The van der Waals surface area contributed by atoms with Crippen molar-refractivity contribution in [3.05, 3.63) is 59.4 Å². The van der Waals surface area contributed by atoms with Gasteiger partial charge in [-0.3, -0.25) is 0 Å². The van der Waals surface area contributed by atoms with Crippen LogP contribution < -0.4 is 4.74 Å². The first-order valence-corrected chi connectivity index (χ1v) is 10.4. The fourth-order valence-electron chi connectivity index (χ4n) is 4.43. The number of benzene rings is 2. The maximum atomic E-state index is 10.7. The van der Waals surface area contributed by atoms with Crippen LogP contribution in [0.3, 0.4) is 0 Å². The minimum Gasteiger partial charge on any atom is -0.491 e. The summed E-state index contributed by atoms with van der Waals surface area (Å²) in [7, 11) is 0. The molecule has 0 amide bonds. The summed E-state index contributed by atoms with van der Waals surface area (Å²) in [5.41, 5.74) is 4.47. The van der Waals surface area contributed by atoms with Crippen molar-refractivity contribution in [3.8, 4) is 5.75 Å². The average Bonchev–Trinajstić information content (AvgIpc) is 3.05. The molecular formula is C24H31ClN2O2. The fourth-order valence-corrected chi connectivity index (χ4v) is 4.43. The highest BCUT2D eigenvalue weighted by atomic mass is 35.5. The van der Waals surface area contributed by atoms with Gasteiger partial charge in [0.15, 0.2) is 0 Å². The second-order valence-electron chi connectivity index (χ2n) is 8.19. The van der Waals surface area contributed by atoms with E-state index in [1.807, 2.05) is 24.3 Å². The van der Waals surface area contributed by atoms with Gasteiger partial charge in [0.25, 0.3) is 0 Å². The number of halogens is 1. The number of rotatable bonds is 6. The summed E-state index contributed by atoms with van der Waals surface area (Å²) in [4.78, 5) is 4.94. The third-order valence-corrected chi connectivity index (χ3v) is 5.69. The number of nitrogens with zero attached hydrogens (tertiary/aromatic N) is 2. The smallest absolute Gasteiger partial charge is 0.119 e. The van der Waals surface area contributed by atoms with Crippen LogP contribution in [0, 0.1) is 13.8 Å². The highest BCUT2D eigenvalue weighted by Gasteiger charge is 2.23. The lowest BCUT2D eigenvalue weighted by atomic mass is 9.88. The molecule has 1 N–H and O–H groups in total. The maximum absolute atomic E-state index is 10.7. The van der Waals surface area contributed by atoms with E-state index in [0.717, 1.165) is 22.6 Å². The number of aliphatic hydroxyl groups excluding tert-OH is 1. The van der Waals surface area contributed by atoms with Gasteiger partial charge in [0.2, 0.25) is 0 Å². The van der Waals surface area contributed by atoms with Crippen molar-refractivity contribution in [2.24, 2.45) is 0 Å². The van der Waals surface area contributed by atoms with Crippen LogP contribution in [-0.4, -0.2) is 27.4 Å². The van der Waals surface area contributed by atoms with Crippen molar-refractivity contribution in [3.63, 3.8) is 0 Å². The van der Waals surface area contributed by atoms with Gasteiger partial charge in [-0.15, -0.1) is 12.4 Å². The van der Waals surface area contributed by atoms with E-state index in [4.69, 9.17) is 9.72 Å². The van der Waals surface area contributed by atoms with Gasteiger partial charge < -0.3 is 14.4 Å². The Labute approximate surface area is 179 Å². The van der Waals surface area contributed by atoms with E-state index < -0.39 is 6.10 Å². The second-order valence-corrected chi connectivity index (χ2v) is 8.19. The predicted molar refractivity (Wildman–Crippen MR) is 120 cm³/mol. The highest BCUT2D eigenvalue weighted by Crippen LogP contribution is 2.34. The van der Waals surface area contributed by atoms with Gasteiger partial charge in [0.05, 0.1) is 17.6 Å². The molecule has 1 aliphatic carbocycles. The summed E-state index contributed by atoms with van der Waals surface area (Å²) in [6.45, 7) is 4.91. The summed E-state index contributed by atoms with van der Waals surface area (Å²) in [6, 6.07) is 14.4. The molecule has 0 radical (unpaired) electrons.